The number of hydrogen-bond acceptors (Lipinski definition) is 0. The summed E-state index contributed by atoms with van der Waals surface area (Å²) in [5.41, 5.74) is 0. The molecule has 0 saturated heterocycles. The van der Waals surface area contributed by atoms with Gasteiger partial charge in [-0.25, -0.2) is 0 Å². The predicted molar refractivity (Wildman–Crippen MR) is 73.7 cm³/mol. The molecule has 0 heteroatoms. The molecule has 0 aromatic rings. The van der Waals surface area contributed by atoms with E-state index in [0.29, 0.717) is 0 Å². The van der Waals surface area contributed by atoms with E-state index >= 15 is 0 Å². The summed E-state index contributed by atoms with van der Waals surface area (Å²) in [5, 5.41) is 0. The van der Waals surface area contributed by atoms with Gasteiger partial charge < -0.3 is 0 Å². The molecular weight excluding hydrogens is 192 g/mol. The first kappa shape index (κ1) is 14.1. The van der Waals surface area contributed by atoms with E-state index in [4.69, 9.17) is 0 Å². The molecule has 1 aliphatic rings. The van der Waals surface area contributed by atoms with Crippen molar-refractivity contribution in [2.75, 3.05) is 0 Å². The maximum absolute atomic E-state index is 2.49. The highest BCUT2D eigenvalue weighted by Gasteiger charge is 2.14. The molecule has 1 aliphatic carbocycles. The maximum atomic E-state index is 2.49. The van der Waals surface area contributed by atoms with Gasteiger partial charge in [-0.1, -0.05) is 90.9 Å². The molecule has 1 saturated carbocycles. The third-order valence-electron chi connectivity index (χ3n) is 4.56. The first-order valence-electron chi connectivity index (χ1n) is 7.84. The fourth-order valence-electron chi connectivity index (χ4n) is 3.24. The Morgan fingerprint density at radius 2 is 1.12 bits per heavy atom. The van der Waals surface area contributed by atoms with Crippen molar-refractivity contribution in [2.45, 2.75) is 90.9 Å². The van der Waals surface area contributed by atoms with Crippen LogP contribution in [0.2, 0.25) is 0 Å². The van der Waals surface area contributed by atoms with E-state index in [-0.39, 0.29) is 0 Å². The average molecular weight is 224 g/mol. The van der Waals surface area contributed by atoms with Crippen LogP contribution in [0.1, 0.15) is 90.9 Å². The topological polar surface area (TPSA) is 0 Å². The normalized spacial score (nSPS) is 31.1. The van der Waals surface area contributed by atoms with Crippen molar-refractivity contribution in [1.82, 2.24) is 0 Å². The fraction of sp³-hybridized carbons (Fsp3) is 1.00. The van der Waals surface area contributed by atoms with Gasteiger partial charge in [0, 0.05) is 0 Å². The van der Waals surface area contributed by atoms with Crippen molar-refractivity contribution in [3.8, 4) is 0 Å². The molecule has 0 aliphatic heterocycles. The minimum Gasteiger partial charge on any atom is -0.0651 e. The van der Waals surface area contributed by atoms with Gasteiger partial charge in [-0.2, -0.15) is 0 Å². The standard InChI is InChI=1S/C16H32/c1-3-16-14-12-10-8-6-4-5-7-9-11-13-15(16)2/h15-16H,3-14H2,1-2H3. The van der Waals surface area contributed by atoms with Crippen LogP contribution in [0.25, 0.3) is 0 Å². The Bertz CT molecular complexity index is 150. The molecule has 0 N–H and O–H groups in total. The molecule has 2 unspecified atom stereocenters. The summed E-state index contributed by atoms with van der Waals surface area (Å²) in [6, 6.07) is 0. The van der Waals surface area contributed by atoms with Crippen LogP contribution in [0.5, 0.6) is 0 Å². The molecule has 0 heterocycles. The summed E-state index contributed by atoms with van der Waals surface area (Å²) in [7, 11) is 0. The summed E-state index contributed by atoms with van der Waals surface area (Å²) < 4.78 is 0. The van der Waals surface area contributed by atoms with Crippen molar-refractivity contribution < 1.29 is 0 Å². The lowest BCUT2D eigenvalue weighted by Gasteiger charge is -2.22. The first-order valence-corrected chi connectivity index (χ1v) is 7.84. The lowest BCUT2D eigenvalue weighted by molar-refractivity contribution is 0.292. The molecule has 1 fully saturated rings. The van der Waals surface area contributed by atoms with Gasteiger partial charge in [-0.15, -0.1) is 0 Å². The summed E-state index contributed by atoms with van der Waals surface area (Å²) in [4.78, 5) is 0. The molecule has 0 aromatic carbocycles. The van der Waals surface area contributed by atoms with E-state index < -0.39 is 0 Å². The molecule has 0 nitrogen and oxygen atoms in total. The molecule has 96 valence electrons. The smallest absolute Gasteiger partial charge is 0.0391 e. The van der Waals surface area contributed by atoms with Crippen LogP contribution in [0.3, 0.4) is 0 Å². The minimum absolute atomic E-state index is 0.978. The molecule has 0 spiro atoms. The van der Waals surface area contributed by atoms with Gasteiger partial charge in [0.2, 0.25) is 0 Å². The van der Waals surface area contributed by atoms with E-state index in [2.05, 4.69) is 13.8 Å². The monoisotopic (exact) mass is 224 g/mol. The van der Waals surface area contributed by atoms with E-state index in [0.717, 1.165) is 11.8 Å². The first-order chi connectivity index (χ1) is 7.84. The van der Waals surface area contributed by atoms with Crippen molar-refractivity contribution in [3.05, 3.63) is 0 Å². The Hall–Kier alpha value is 0. The largest absolute Gasteiger partial charge is 0.0651 e. The molecular formula is C16H32. The fourth-order valence-corrected chi connectivity index (χ4v) is 3.24. The Kier molecular flexibility index (Phi) is 7.98. The van der Waals surface area contributed by atoms with Gasteiger partial charge in [-0.3, -0.25) is 0 Å². The van der Waals surface area contributed by atoms with E-state index in [1.165, 1.54) is 77.0 Å². The second-order valence-corrected chi connectivity index (χ2v) is 5.90. The SMILES string of the molecule is CCC1CCCCCCCCCCCC1C. The lowest BCUT2D eigenvalue weighted by Crippen LogP contribution is -2.11. The Labute approximate surface area is 103 Å². The minimum atomic E-state index is 0.978. The lowest BCUT2D eigenvalue weighted by atomic mass is 9.84. The third-order valence-corrected chi connectivity index (χ3v) is 4.56. The van der Waals surface area contributed by atoms with Gasteiger partial charge in [-0.05, 0) is 11.8 Å². The zero-order chi connectivity index (χ0) is 11.6. The van der Waals surface area contributed by atoms with Crippen LogP contribution >= 0.6 is 0 Å². The highest BCUT2D eigenvalue weighted by molar-refractivity contribution is 4.66. The van der Waals surface area contributed by atoms with E-state index in [1.54, 1.807) is 0 Å². The predicted octanol–water partition coefficient (Wildman–Crippen LogP) is 5.95. The highest BCUT2D eigenvalue weighted by atomic mass is 14.2. The number of hydrogen-bond donors (Lipinski definition) is 0. The van der Waals surface area contributed by atoms with Crippen LogP contribution in [0.4, 0.5) is 0 Å². The zero-order valence-corrected chi connectivity index (χ0v) is 11.6. The molecule has 1 rings (SSSR count). The van der Waals surface area contributed by atoms with Gasteiger partial charge >= 0.3 is 0 Å². The van der Waals surface area contributed by atoms with Crippen molar-refractivity contribution >= 4 is 0 Å². The van der Waals surface area contributed by atoms with Crippen molar-refractivity contribution in [1.29, 1.82) is 0 Å². The van der Waals surface area contributed by atoms with Crippen LogP contribution in [-0.2, 0) is 0 Å². The molecule has 0 radical (unpaired) electrons. The second kappa shape index (κ2) is 9.07. The highest BCUT2D eigenvalue weighted by Crippen LogP contribution is 2.27. The van der Waals surface area contributed by atoms with E-state index in [1.807, 2.05) is 0 Å². The van der Waals surface area contributed by atoms with Crippen LogP contribution in [0.15, 0.2) is 0 Å². The molecule has 2 atom stereocenters. The molecule has 16 heavy (non-hydrogen) atoms. The number of rotatable bonds is 1. The molecule has 0 aromatic heterocycles. The summed E-state index contributed by atoms with van der Waals surface area (Å²) in [5.74, 6) is 1.99. The summed E-state index contributed by atoms with van der Waals surface area (Å²) in [6.45, 7) is 4.88. The quantitative estimate of drug-likeness (QED) is 0.516. The average Bonchev–Trinajstić information content (AvgIpc) is 2.31. The van der Waals surface area contributed by atoms with Gasteiger partial charge in [0.25, 0.3) is 0 Å². The molecule has 0 amide bonds. The van der Waals surface area contributed by atoms with Gasteiger partial charge in [0.05, 0.1) is 0 Å². The zero-order valence-electron chi connectivity index (χ0n) is 11.6. The van der Waals surface area contributed by atoms with E-state index in [9.17, 15) is 0 Å². The van der Waals surface area contributed by atoms with Crippen molar-refractivity contribution in [3.63, 3.8) is 0 Å². The van der Waals surface area contributed by atoms with Crippen molar-refractivity contribution in [2.24, 2.45) is 11.8 Å². The van der Waals surface area contributed by atoms with Crippen LogP contribution in [-0.4, -0.2) is 0 Å². The Morgan fingerprint density at radius 3 is 1.62 bits per heavy atom. The summed E-state index contributed by atoms with van der Waals surface area (Å²) in [6.07, 6.45) is 17.8. The van der Waals surface area contributed by atoms with Gasteiger partial charge in [0.1, 0.15) is 0 Å². The second-order valence-electron chi connectivity index (χ2n) is 5.90. The van der Waals surface area contributed by atoms with Gasteiger partial charge in [0.15, 0.2) is 0 Å². The third kappa shape index (κ3) is 5.92. The molecule has 0 bridgehead atoms. The van der Waals surface area contributed by atoms with Crippen LogP contribution < -0.4 is 0 Å². The summed E-state index contributed by atoms with van der Waals surface area (Å²) >= 11 is 0. The van der Waals surface area contributed by atoms with Crippen LogP contribution in [0, 0.1) is 11.8 Å². The maximum Gasteiger partial charge on any atom is -0.0391 e. The Balaban J connectivity index is 2.31. The Morgan fingerprint density at radius 1 is 0.688 bits per heavy atom.